The Balaban J connectivity index is 1.06. The van der Waals surface area contributed by atoms with Crippen LogP contribution in [-0.2, 0) is 5.41 Å². The van der Waals surface area contributed by atoms with Gasteiger partial charge in [-0.25, -0.2) is 0 Å². The topological polar surface area (TPSA) is 19.6 Å². The number of furan rings is 1. The van der Waals surface area contributed by atoms with Gasteiger partial charge in [-0.15, -0.1) is 0 Å². The molecule has 1 aliphatic heterocycles. The molecule has 11 aromatic rings. The minimum atomic E-state index is -0.587. The summed E-state index contributed by atoms with van der Waals surface area (Å²) in [6.45, 7) is 0. The molecule has 0 fully saturated rings. The second-order valence-electron chi connectivity index (χ2n) is 16.8. The van der Waals surface area contributed by atoms with Crippen LogP contribution in [0.1, 0.15) is 22.3 Å². The fourth-order valence-electron chi connectivity index (χ4n) is 10.8. The Kier molecular flexibility index (Phi) is 8.13. The molecule has 1 aromatic heterocycles. The molecule has 3 nitrogen and oxygen atoms in total. The van der Waals surface area contributed by atoms with Crippen molar-refractivity contribution in [3.8, 4) is 33.4 Å². The Bertz CT molecular complexity index is 3520. The first-order chi connectivity index (χ1) is 31.8. The van der Waals surface area contributed by atoms with E-state index < -0.39 is 5.41 Å². The molecule has 3 heteroatoms. The number of para-hydroxylation sites is 5. The van der Waals surface area contributed by atoms with E-state index in [1.54, 1.807) is 0 Å². The molecule has 0 atom stereocenters. The maximum atomic E-state index is 6.30. The monoisotopic (exact) mass is 816 g/mol. The first kappa shape index (κ1) is 36.3. The Labute approximate surface area is 372 Å². The lowest BCUT2D eigenvalue weighted by molar-refractivity contribution is 0.669. The third-order valence-electron chi connectivity index (χ3n) is 13.5. The molecule has 1 spiro atoms. The number of anilines is 6. The van der Waals surface area contributed by atoms with Crippen LogP contribution in [0.4, 0.5) is 34.1 Å². The van der Waals surface area contributed by atoms with Gasteiger partial charge in [0.2, 0.25) is 0 Å². The summed E-state index contributed by atoms with van der Waals surface area (Å²) < 4.78 is 6.30. The second kappa shape index (κ2) is 14.3. The SMILES string of the molecule is c1ccc(-c2ccc(N(c3ccc4c(c3)C3(c5ccccc5-4)c4ccccc4N(c4ccccc4)c4ccccc43)c3ccccc3-c3ccc4oc5ccccc5c4c3)cc2)cc1. The van der Waals surface area contributed by atoms with Gasteiger partial charge in [-0.05, 0) is 123 Å². The summed E-state index contributed by atoms with van der Waals surface area (Å²) in [7, 11) is 0. The molecule has 0 amide bonds. The van der Waals surface area contributed by atoms with Crippen molar-refractivity contribution in [1.82, 2.24) is 0 Å². The summed E-state index contributed by atoms with van der Waals surface area (Å²) >= 11 is 0. The van der Waals surface area contributed by atoms with Crippen LogP contribution < -0.4 is 9.80 Å². The normalized spacial score (nSPS) is 13.1. The van der Waals surface area contributed by atoms with Gasteiger partial charge in [0.05, 0.1) is 22.5 Å². The number of hydrogen-bond acceptors (Lipinski definition) is 3. The number of fused-ring (bicyclic) bond motifs is 12. The minimum Gasteiger partial charge on any atom is -0.456 e. The van der Waals surface area contributed by atoms with Crippen LogP contribution in [0, 0.1) is 0 Å². The average Bonchev–Trinajstić information content (AvgIpc) is 3.88. The molecule has 0 saturated heterocycles. The van der Waals surface area contributed by atoms with Gasteiger partial charge in [0.15, 0.2) is 0 Å². The van der Waals surface area contributed by atoms with Gasteiger partial charge in [0.1, 0.15) is 11.2 Å². The van der Waals surface area contributed by atoms with Crippen molar-refractivity contribution in [1.29, 1.82) is 0 Å². The van der Waals surface area contributed by atoms with E-state index in [1.165, 1.54) is 55.9 Å². The molecule has 300 valence electrons. The first-order valence-electron chi connectivity index (χ1n) is 22.0. The predicted octanol–water partition coefficient (Wildman–Crippen LogP) is 16.5. The van der Waals surface area contributed by atoms with E-state index in [9.17, 15) is 0 Å². The van der Waals surface area contributed by atoms with Crippen molar-refractivity contribution in [2.24, 2.45) is 0 Å². The van der Waals surface area contributed by atoms with Crippen molar-refractivity contribution in [2.75, 3.05) is 9.80 Å². The molecule has 0 bridgehead atoms. The van der Waals surface area contributed by atoms with Crippen molar-refractivity contribution < 1.29 is 4.42 Å². The van der Waals surface area contributed by atoms with Crippen LogP contribution in [0.2, 0.25) is 0 Å². The molecule has 10 aromatic carbocycles. The maximum Gasteiger partial charge on any atom is 0.135 e. The van der Waals surface area contributed by atoms with Gasteiger partial charge in [0.25, 0.3) is 0 Å². The third-order valence-corrected chi connectivity index (χ3v) is 13.5. The highest BCUT2D eigenvalue weighted by molar-refractivity contribution is 6.07. The summed E-state index contributed by atoms with van der Waals surface area (Å²) in [5.74, 6) is 0. The summed E-state index contributed by atoms with van der Waals surface area (Å²) in [6.07, 6.45) is 0. The van der Waals surface area contributed by atoms with E-state index in [4.69, 9.17) is 4.42 Å². The summed E-state index contributed by atoms with van der Waals surface area (Å²) in [6, 6.07) is 88.5. The van der Waals surface area contributed by atoms with E-state index >= 15 is 0 Å². The summed E-state index contributed by atoms with van der Waals surface area (Å²) in [5, 5.41) is 2.23. The van der Waals surface area contributed by atoms with Gasteiger partial charge in [-0.1, -0.05) is 170 Å². The summed E-state index contributed by atoms with van der Waals surface area (Å²) in [4.78, 5) is 4.90. The molecule has 64 heavy (non-hydrogen) atoms. The summed E-state index contributed by atoms with van der Waals surface area (Å²) in [5.41, 5.74) is 20.2. The van der Waals surface area contributed by atoms with Gasteiger partial charge >= 0.3 is 0 Å². The van der Waals surface area contributed by atoms with E-state index in [1.807, 2.05) is 12.1 Å². The van der Waals surface area contributed by atoms with Crippen molar-refractivity contribution in [2.45, 2.75) is 5.41 Å². The van der Waals surface area contributed by atoms with Crippen LogP contribution in [0.3, 0.4) is 0 Å². The fourth-order valence-corrected chi connectivity index (χ4v) is 10.8. The molecule has 2 aliphatic rings. The molecule has 13 rings (SSSR count). The highest BCUT2D eigenvalue weighted by Crippen LogP contribution is 2.64. The Morgan fingerprint density at radius 3 is 1.66 bits per heavy atom. The van der Waals surface area contributed by atoms with Gasteiger partial charge in [-0.2, -0.15) is 0 Å². The van der Waals surface area contributed by atoms with Crippen LogP contribution in [0.15, 0.2) is 247 Å². The van der Waals surface area contributed by atoms with Crippen molar-refractivity contribution in [3.63, 3.8) is 0 Å². The van der Waals surface area contributed by atoms with Crippen molar-refractivity contribution in [3.05, 3.63) is 265 Å². The quantitative estimate of drug-likeness (QED) is 0.167. The van der Waals surface area contributed by atoms with Gasteiger partial charge < -0.3 is 14.2 Å². The number of rotatable bonds is 6. The first-order valence-corrected chi connectivity index (χ1v) is 22.0. The average molecular weight is 817 g/mol. The molecule has 0 saturated carbocycles. The largest absolute Gasteiger partial charge is 0.456 e. The van der Waals surface area contributed by atoms with E-state index in [-0.39, 0.29) is 0 Å². The standard InChI is InChI=1S/C61H40N2O/c1-3-17-41(18-4-1)42-31-34-45(35-32-42)62(56-27-13-8-21-47(56)43-33-38-60-51(39-43)50-23-9-16-30-59(50)64-60)46-36-37-49-48-22-7-10-24-52(48)61(55(49)40-46)53-25-11-14-28-57(53)63(44-19-5-2-6-20-44)58-29-15-12-26-54(58)61/h1-40H. The lowest BCUT2D eigenvalue weighted by atomic mass is 9.64. The highest BCUT2D eigenvalue weighted by Gasteiger charge is 2.51. The Morgan fingerprint density at radius 2 is 0.891 bits per heavy atom. The van der Waals surface area contributed by atoms with E-state index in [0.29, 0.717) is 0 Å². The smallest absolute Gasteiger partial charge is 0.135 e. The maximum absolute atomic E-state index is 6.30. The lowest BCUT2D eigenvalue weighted by Crippen LogP contribution is -2.36. The van der Waals surface area contributed by atoms with Crippen LogP contribution >= 0.6 is 0 Å². The van der Waals surface area contributed by atoms with E-state index in [0.717, 1.165) is 55.8 Å². The number of nitrogens with zero attached hydrogens (tertiary/aromatic N) is 2. The zero-order valence-corrected chi connectivity index (χ0v) is 34.9. The molecule has 1 aliphatic carbocycles. The zero-order chi connectivity index (χ0) is 42.2. The molecule has 0 N–H and O–H groups in total. The fraction of sp³-hybridized carbons (Fsp3) is 0.0164. The van der Waals surface area contributed by atoms with Gasteiger partial charge in [0, 0.05) is 33.4 Å². The lowest BCUT2D eigenvalue weighted by Gasteiger charge is -2.45. The second-order valence-corrected chi connectivity index (χ2v) is 16.8. The predicted molar refractivity (Wildman–Crippen MR) is 265 cm³/mol. The highest BCUT2D eigenvalue weighted by atomic mass is 16.3. The van der Waals surface area contributed by atoms with Crippen LogP contribution in [0.25, 0.3) is 55.3 Å². The molecule has 0 unspecified atom stereocenters. The van der Waals surface area contributed by atoms with Gasteiger partial charge in [-0.3, -0.25) is 0 Å². The molecular formula is C61H40N2O. The Hall–Kier alpha value is -8.40. The van der Waals surface area contributed by atoms with Crippen LogP contribution in [-0.4, -0.2) is 0 Å². The third kappa shape index (κ3) is 5.34. The molecule has 2 heterocycles. The van der Waals surface area contributed by atoms with E-state index in [2.05, 4.69) is 240 Å². The zero-order valence-electron chi connectivity index (χ0n) is 34.9. The molecular weight excluding hydrogens is 777 g/mol. The number of benzene rings is 10. The van der Waals surface area contributed by atoms with Crippen LogP contribution in [0.5, 0.6) is 0 Å². The molecule has 0 radical (unpaired) electrons. The Morgan fingerprint density at radius 1 is 0.344 bits per heavy atom. The number of hydrogen-bond donors (Lipinski definition) is 0. The minimum absolute atomic E-state index is 0.587. The van der Waals surface area contributed by atoms with Crippen molar-refractivity contribution >= 4 is 56.1 Å².